The molecule has 1 aromatic carbocycles. The summed E-state index contributed by atoms with van der Waals surface area (Å²) in [5.74, 6) is -0.474. The van der Waals surface area contributed by atoms with Gasteiger partial charge >= 0.3 is 0 Å². The highest BCUT2D eigenvalue weighted by Gasteiger charge is 2.08. The molecule has 0 radical (unpaired) electrons. The first-order chi connectivity index (χ1) is 6.69. The average Bonchev–Trinajstić information content (AvgIpc) is 2.19. The number of methoxy groups -OCH3 is 1. The van der Waals surface area contributed by atoms with Crippen molar-refractivity contribution in [1.82, 2.24) is 0 Å². The Morgan fingerprint density at radius 3 is 2.79 bits per heavy atom. The maximum atomic E-state index is 9.27. The zero-order chi connectivity index (χ0) is 10.6. The largest absolute Gasteiger partial charge is 0.504 e. The van der Waals surface area contributed by atoms with Crippen LogP contribution in [-0.4, -0.2) is 17.3 Å². The van der Waals surface area contributed by atoms with E-state index in [4.69, 9.17) is 10.3 Å². The lowest BCUT2D eigenvalue weighted by molar-refractivity contribution is 0.350. The molecule has 6 nitrogen and oxygen atoms in total. The van der Waals surface area contributed by atoms with Gasteiger partial charge in [0.05, 0.1) is 13.7 Å². The predicted octanol–water partition coefficient (Wildman–Crippen LogP) is 1.92. The summed E-state index contributed by atoms with van der Waals surface area (Å²) in [4.78, 5) is 2.58. The molecular formula is C8H9N3O3. The first kappa shape index (κ1) is 10.0. The Hall–Kier alpha value is -2.07. The average molecular weight is 195 g/mol. The first-order valence-corrected chi connectivity index (χ1v) is 3.78. The predicted molar refractivity (Wildman–Crippen MR) is 49.2 cm³/mol. The van der Waals surface area contributed by atoms with Crippen molar-refractivity contribution in [2.45, 2.75) is 6.54 Å². The molecule has 0 fully saturated rings. The van der Waals surface area contributed by atoms with E-state index in [-0.39, 0.29) is 23.8 Å². The van der Waals surface area contributed by atoms with Crippen LogP contribution in [-0.2, 0) is 6.54 Å². The zero-order valence-electron chi connectivity index (χ0n) is 7.51. The van der Waals surface area contributed by atoms with E-state index in [2.05, 4.69) is 10.0 Å². The molecule has 0 aromatic heterocycles. The molecule has 74 valence electrons. The van der Waals surface area contributed by atoms with Crippen LogP contribution in [0.3, 0.4) is 0 Å². The van der Waals surface area contributed by atoms with Crippen LogP contribution >= 0.6 is 0 Å². The van der Waals surface area contributed by atoms with Crippen molar-refractivity contribution < 1.29 is 14.9 Å². The second-order valence-electron chi connectivity index (χ2n) is 2.55. The van der Waals surface area contributed by atoms with Crippen molar-refractivity contribution in [3.63, 3.8) is 0 Å². The summed E-state index contributed by atoms with van der Waals surface area (Å²) in [6.45, 7) is 0.0979. The molecule has 0 saturated carbocycles. The van der Waals surface area contributed by atoms with Crippen LogP contribution in [0, 0.1) is 0 Å². The highest BCUT2D eigenvalue weighted by atomic mass is 16.5. The Bertz CT molecular complexity index is 386. The van der Waals surface area contributed by atoms with Crippen LogP contribution in [0.15, 0.2) is 17.2 Å². The summed E-state index contributed by atoms with van der Waals surface area (Å²) < 4.78 is 4.80. The van der Waals surface area contributed by atoms with Crippen LogP contribution in [0.2, 0.25) is 0 Å². The fourth-order valence-corrected chi connectivity index (χ4v) is 1.01. The Kier molecular flexibility index (Phi) is 3.04. The van der Waals surface area contributed by atoms with E-state index in [1.54, 1.807) is 0 Å². The molecule has 0 bridgehead atoms. The molecule has 6 heteroatoms. The Labute approximate surface area is 80.0 Å². The van der Waals surface area contributed by atoms with Crippen LogP contribution in [0.5, 0.6) is 17.2 Å². The van der Waals surface area contributed by atoms with Gasteiger partial charge in [-0.2, -0.15) is 0 Å². The first-order valence-electron chi connectivity index (χ1n) is 3.78. The number of ether oxygens (including phenoxy) is 1. The second kappa shape index (κ2) is 4.25. The van der Waals surface area contributed by atoms with Gasteiger partial charge in [0.1, 0.15) is 0 Å². The standard InChI is InChI=1S/C8H9N3O3/c1-14-7-3-5(4-10-11-9)2-6(12)8(7)13/h2-3,12-13H,4H2,1H3. The van der Waals surface area contributed by atoms with E-state index >= 15 is 0 Å². The summed E-state index contributed by atoms with van der Waals surface area (Å²) in [5.41, 5.74) is 8.66. The smallest absolute Gasteiger partial charge is 0.200 e. The van der Waals surface area contributed by atoms with E-state index in [1.807, 2.05) is 0 Å². The number of hydrogen-bond donors (Lipinski definition) is 2. The lowest BCUT2D eigenvalue weighted by Gasteiger charge is -2.06. The van der Waals surface area contributed by atoms with Crippen molar-refractivity contribution in [1.29, 1.82) is 0 Å². The van der Waals surface area contributed by atoms with Gasteiger partial charge < -0.3 is 14.9 Å². The minimum absolute atomic E-state index is 0.0979. The summed E-state index contributed by atoms with van der Waals surface area (Å²) in [6.07, 6.45) is 0. The third-order valence-corrected chi connectivity index (χ3v) is 1.65. The van der Waals surface area contributed by atoms with Gasteiger partial charge in [0, 0.05) is 4.91 Å². The highest BCUT2D eigenvalue weighted by Crippen LogP contribution is 2.36. The molecule has 0 aliphatic rings. The Morgan fingerprint density at radius 2 is 2.21 bits per heavy atom. The maximum Gasteiger partial charge on any atom is 0.200 e. The van der Waals surface area contributed by atoms with Crippen molar-refractivity contribution in [2.75, 3.05) is 7.11 Å². The van der Waals surface area contributed by atoms with Gasteiger partial charge in [-0.25, -0.2) is 0 Å². The van der Waals surface area contributed by atoms with E-state index in [0.29, 0.717) is 5.56 Å². The number of azide groups is 1. The number of aromatic hydroxyl groups is 2. The molecule has 14 heavy (non-hydrogen) atoms. The molecule has 1 rings (SSSR count). The topological polar surface area (TPSA) is 98.5 Å². The van der Waals surface area contributed by atoms with Crippen molar-refractivity contribution in [2.24, 2.45) is 5.11 Å². The SMILES string of the molecule is COc1cc(CN=[N+]=[N-])cc(O)c1O. The second-order valence-corrected chi connectivity index (χ2v) is 2.55. The van der Waals surface area contributed by atoms with Gasteiger partial charge in [0.15, 0.2) is 11.5 Å². The quantitative estimate of drug-likeness (QED) is 0.333. The fourth-order valence-electron chi connectivity index (χ4n) is 1.01. The van der Waals surface area contributed by atoms with Crippen LogP contribution < -0.4 is 4.74 Å². The molecule has 1 aromatic rings. The van der Waals surface area contributed by atoms with Crippen molar-refractivity contribution in [3.05, 3.63) is 28.1 Å². The number of phenolic OH excluding ortho intramolecular Hbond substituents is 2. The summed E-state index contributed by atoms with van der Waals surface area (Å²) in [5, 5.41) is 21.8. The molecule has 0 spiro atoms. The van der Waals surface area contributed by atoms with E-state index in [1.165, 1.54) is 19.2 Å². The molecule has 0 aliphatic carbocycles. The van der Waals surface area contributed by atoms with Gasteiger partial charge in [-0.15, -0.1) is 0 Å². The molecule has 0 saturated heterocycles. The van der Waals surface area contributed by atoms with Gasteiger partial charge in [-0.05, 0) is 23.2 Å². The third-order valence-electron chi connectivity index (χ3n) is 1.65. The zero-order valence-corrected chi connectivity index (χ0v) is 7.51. The van der Waals surface area contributed by atoms with E-state index < -0.39 is 0 Å². The molecule has 2 N–H and O–H groups in total. The summed E-state index contributed by atoms with van der Waals surface area (Å²) in [6, 6.07) is 2.80. The molecule has 0 unspecified atom stereocenters. The molecule has 0 aliphatic heterocycles. The summed E-state index contributed by atoms with van der Waals surface area (Å²) >= 11 is 0. The Balaban J connectivity index is 3.09. The number of phenols is 2. The van der Waals surface area contributed by atoms with E-state index in [9.17, 15) is 10.2 Å². The number of rotatable bonds is 3. The van der Waals surface area contributed by atoms with Crippen molar-refractivity contribution in [3.8, 4) is 17.2 Å². The van der Waals surface area contributed by atoms with Crippen LogP contribution in [0.1, 0.15) is 5.56 Å². The van der Waals surface area contributed by atoms with Gasteiger partial charge in [-0.1, -0.05) is 5.11 Å². The van der Waals surface area contributed by atoms with Crippen molar-refractivity contribution >= 4 is 0 Å². The van der Waals surface area contributed by atoms with Crippen LogP contribution in [0.4, 0.5) is 0 Å². The van der Waals surface area contributed by atoms with Crippen LogP contribution in [0.25, 0.3) is 10.4 Å². The molecule has 0 atom stereocenters. The monoisotopic (exact) mass is 195 g/mol. The third kappa shape index (κ3) is 1.99. The fraction of sp³-hybridized carbons (Fsp3) is 0.250. The minimum Gasteiger partial charge on any atom is -0.504 e. The van der Waals surface area contributed by atoms with E-state index in [0.717, 1.165) is 0 Å². The van der Waals surface area contributed by atoms with Gasteiger partial charge in [0.2, 0.25) is 5.75 Å². The number of hydrogen-bond acceptors (Lipinski definition) is 4. The normalized spacial score (nSPS) is 9.21. The molecule has 0 heterocycles. The van der Waals surface area contributed by atoms with Gasteiger partial charge in [-0.3, -0.25) is 0 Å². The molecule has 0 amide bonds. The Morgan fingerprint density at radius 1 is 1.50 bits per heavy atom. The maximum absolute atomic E-state index is 9.27. The lowest BCUT2D eigenvalue weighted by atomic mass is 10.2. The van der Waals surface area contributed by atoms with Gasteiger partial charge in [0.25, 0.3) is 0 Å². The lowest BCUT2D eigenvalue weighted by Crippen LogP contribution is -1.87. The minimum atomic E-state index is -0.322. The highest BCUT2D eigenvalue weighted by molar-refractivity contribution is 5.51. The number of benzene rings is 1. The summed E-state index contributed by atoms with van der Waals surface area (Å²) in [7, 11) is 1.37. The molecular weight excluding hydrogens is 186 g/mol. The number of nitrogens with zero attached hydrogens (tertiary/aromatic N) is 3.